The predicted molar refractivity (Wildman–Crippen MR) is 258 cm³/mol. The van der Waals surface area contributed by atoms with Gasteiger partial charge in [0.25, 0.3) is 0 Å². The van der Waals surface area contributed by atoms with Gasteiger partial charge in [0.05, 0.1) is 31.5 Å². The summed E-state index contributed by atoms with van der Waals surface area (Å²) in [5.41, 5.74) is 5.17. The first-order valence-corrected chi connectivity index (χ1v) is 24.3. The average Bonchev–Trinajstić information content (AvgIpc) is 4.20. The Kier molecular flexibility index (Phi) is 17.3. The topological polar surface area (TPSA) is 132 Å². The van der Waals surface area contributed by atoms with Crippen molar-refractivity contribution in [1.29, 1.82) is 0 Å². The van der Waals surface area contributed by atoms with Gasteiger partial charge < -0.3 is 38.7 Å². The van der Waals surface area contributed by atoms with Gasteiger partial charge in [-0.25, -0.2) is 9.18 Å². The number of benzene rings is 4. The van der Waals surface area contributed by atoms with Gasteiger partial charge in [-0.1, -0.05) is 103 Å². The number of fused-ring (bicyclic) bond motifs is 2. The van der Waals surface area contributed by atoms with E-state index >= 15 is 0 Å². The lowest BCUT2D eigenvalue weighted by Gasteiger charge is -2.59. The molecule has 2 N–H and O–H groups in total. The number of oxime groups is 1. The molecule has 0 unspecified atom stereocenters. The number of hydrogen-bond donors (Lipinski definition) is 2. The van der Waals surface area contributed by atoms with Crippen molar-refractivity contribution in [3.8, 4) is 11.5 Å². The highest BCUT2D eigenvalue weighted by Gasteiger charge is 2.65. The van der Waals surface area contributed by atoms with E-state index in [4.69, 9.17) is 33.7 Å². The Bertz CT molecular complexity index is 2290. The molecule has 4 aromatic rings. The number of carbonyl (C=O) groups excluding carboxylic acids is 1. The maximum absolute atomic E-state index is 15.0. The Morgan fingerprint density at radius 1 is 0.868 bits per heavy atom. The summed E-state index contributed by atoms with van der Waals surface area (Å²) in [6.45, 7) is 8.62. The smallest absolute Gasteiger partial charge is 0.410 e. The first-order valence-electron chi connectivity index (χ1n) is 24.3. The van der Waals surface area contributed by atoms with Gasteiger partial charge in [-0.2, -0.15) is 0 Å². The monoisotopic (exact) mass is 931 g/mol. The quantitative estimate of drug-likeness (QED) is 0.0272. The Hall–Kier alpha value is -5.57. The molecule has 4 aromatic carbocycles. The average molecular weight is 932 g/mol. The predicted octanol–water partition coefficient (Wildman–Crippen LogP) is 9.21. The number of rotatable bonds is 26. The molecule has 8 rings (SSSR count). The lowest BCUT2D eigenvalue weighted by molar-refractivity contribution is -0.256. The third-order valence-electron chi connectivity index (χ3n) is 13.6. The van der Waals surface area contributed by atoms with Crippen molar-refractivity contribution >= 4 is 11.8 Å². The lowest BCUT2D eigenvalue weighted by atomic mass is 9.55. The number of aliphatic hydroxyl groups is 2. The van der Waals surface area contributed by atoms with Crippen LogP contribution in [0.25, 0.3) is 0 Å². The Morgan fingerprint density at radius 3 is 2.29 bits per heavy atom. The summed E-state index contributed by atoms with van der Waals surface area (Å²) in [7, 11) is 0. The second kappa shape index (κ2) is 24.1. The van der Waals surface area contributed by atoms with Crippen LogP contribution < -0.4 is 9.47 Å². The maximum Gasteiger partial charge on any atom is 0.410 e. The Labute approximate surface area is 399 Å². The SMILES string of the molecule is C=CCO[C@@]12Oc3ccc(OCCN4CC4)cc3[C@H]3[C@H](CCCCO)[C@@H](CCCCO)C=C(C(=NOCc4ccccc4)C[C@@H]1N(Cc1ccc(F)cc1)C(=O)OCCOCc1ccccc1)[C@H]32. The molecule has 4 aliphatic rings. The fraction of sp³-hybridized carbons (Fsp3) is 0.455. The third-order valence-corrected chi connectivity index (χ3v) is 13.6. The molecule has 0 aromatic heterocycles. The summed E-state index contributed by atoms with van der Waals surface area (Å²) >= 11 is 0. The van der Waals surface area contributed by atoms with E-state index in [2.05, 4.69) is 23.6 Å². The Balaban J connectivity index is 1.25. The number of hydrogen-bond acceptors (Lipinski definition) is 11. The molecule has 1 amide bonds. The molecule has 0 radical (unpaired) electrons. The van der Waals surface area contributed by atoms with E-state index in [9.17, 15) is 19.4 Å². The zero-order valence-electron chi connectivity index (χ0n) is 39.0. The number of aliphatic hydroxyl groups excluding tert-OH is 2. The molecule has 2 fully saturated rings. The van der Waals surface area contributed by atoms with Gasteiger partial charge in [-0.3, -0.25) is 9.80 Å². The summed E-state index contributed by atoms with van der Waals surface area (Å²) < 4.78 is 47.5. The number of halogens is 1. The standard InChI is InChI=1S/C55H66FN3O9/c1-2-30-66-55-51(59(37-40-19-21-44(56)22-20-40)54(62)65-33-32-63-38-41-13-5-3-6-14-41)36-49(57-67-39-42-15-7-4-8-16-42)47-34-43(17-9-11-28-60)46(18-10-12-29-61)52(53(47)55)48-35-45(23-24-50(48)68-55)64-31-27-58-25-26-58/h2-8,13-16,19-24,34-35,43,46,51-53,60-61H,1,9-12,17-18,25-33,36-39H2/t43-,46+,51-,52+,53+,55+/m0/s1. The van der Waals surface area contributed by atoms with Crippen molar-refractivity contribution in [2.45, 2.75) is 82.5 Å². The number of unbranched alkanes of at least 4 members (excludes halogenated alkanes) is 2. The normalized spacial score (nSPS) is 23.1. The summed E-state index contributed by atoms with van der Waals surface area (Å²) in [6, 6.07) is 30.9. The molecule has 362 valence electrons. The zero-order chi connectivity index (χ0) is 47.1. The zero-order valence-corrected chi connectivity index (χ0v) is 39.0. The molecular weight excluding hydrogens is 866 g/mol. The van der Waals surface area contributed by atoms with Crippen LogP contribution in [0.1, 0.15) is 73.1 Å². The van der Waals surface area contributed by atoms with Crippen LogP contribution in [0.5, 0.6) is 11.5 Å². The molecule has 2 heterocycles. The van der Waals surface area contributed by atoms with Gasteiger partial charge >= 0.3 is 6.09 Å². The van der Waals surface area contributed by atoms with E-state index in [1.807, 2.05) is 72.8 Å². The molecular formula is C55H66FN3O9. The number of allylic oxidation sites excluding steroid dienone is 1. The van der Waals surface area contributed by atoms with Crippen LogP contribution in [0.15, 0.2) is 133 Å². The van der Waals surface area contributed by atoms with E-state index < -0.39 is 29.7 Å². The first kappa shape index (κ1) is 48.9. The molecule has 1 saturated heterocycles. The molecule has 68 heavy (non-hydrogen) atoms. The van der Waals surface area contributed by atoms with E-state index in [0.29, 0.717) is 43.1 Å². The van der Waals surface area contributed by atoms with E-state index in [1.54, 1.807) is 23.1 Å². The van der Waals surface area contributed by atoms with Crippen molar-refractivity contribution in [2.75, 3.05) is 59.3 Å². The van der Waals surface area contributed by atoms with Gasteiger partial charge in [-0.05, 0) is 90.1 Å². The third kappa shape index (κ3) is 12.2. The summed E-state index contributed by atoms with van der Waals surface area (Å²) in [4.78, 5) is 25.2. The number of ether oxygens (including phenoxy) is 5. The second-order valence-corrected chi connectivity index (χ2v) is 18.1. The molecule has 1 saturated carbocycles. The van der Waals surface area contributed by atoms with Crippen LogP contribution in [0.4, 0.5) is 9.18 Å². The van der Waals surface area contributed by atoms with Crippen LogP contribution in [0.3, 0.4) is 0 Å². The minimum absolute atomic E-state index is 0.0240. The molecule has 6 atom stereocenters. The highest BCUT2D eigenvalue weighted by Crippen LogP contribution is 2.62. The van der Waals surface area contributed by atoms with Crippen LogP contribution in [0, 0.1) is 23.6 Å². The summed E-state index contributed by atoms with van der Waals surface area (Å²) in [5, 5.41) is 25.0. The highest BCUT2D eigenvalue weighted by molar-refractivity contribution is 6.03. The lowest BCUT2D eigenvalue weighted by Crippen LogP contribution is -2.70. The van der Waals surface area contributed by atoms with Gasteiger partial charge in [-0.15, -0.1) is 6.58 Å². The van der Waals surface area contributed by atoms with Crippen LogP contribution in [0.2, 0.25) is 0 Å². The van der Waals surface area contributed by atoms with Crippen LogP contribution >= 0.6 is 0 Å². The van der Waals surface area contributed by atoms with Crippen molar-refractivity contribution in [3.63, 3.8) is 0 Å². The van der Waals surface area contributed by atoms with Gasteiger partial charge in [0.2, 0.25) is 5.79 Å². The highest BCUT2D eigenvalue weighted by atomic mass is 19.1. The van der Waals surface area contributed by atoms with Crippen molar-refractivity contribution < 1.29 is 47.9 Å². The summed E-state index contributed by atoms with van der Waals surface area (Å²) in [5.74, 6) is -1.26. The van der Waals surface area contributed by atoms with Crippen LogP contribution in [-0.4, -0.2) is 103 Å². The minimum atomic E-state index is -1.52. The molecule has 2 aliphatic heterocycles. The van der Waals surface area contributed by atoms with E-state index in [1.165, 1.54) is 12.1 Å². The first-order chi connectivity index (χ1) is 33.4. The van der Waals surface area contributed by atoms with Gasteiger partial charge in [0, 0.05) is 57.3 Å². The number of nitrogens with zero attached hydrogens (tertiary/aromatic N) is 3. The Morgan fingerprint density at radius 2 is 1.59 bits per heavy atom. The number of amides is 1. The fourth-order valence-electron chi connectivity index (χ4n) is 10.2. The molecule has 13 heteroatoms. The van der Waals surface area contributed by atoms with E-state index in [0.717, 1.165) is 73.3 Å². The van der Waals surface area contributed by atoms with Crippen LogP contribution in [-0.2, 0) is 38.8 Å². The number of carbonyl (C=O) groups is 1. The molecule has 12 nitrogen and oxygen atoms in total. The second-order valence-electron chi connectivity index (χ2n) is 18.1. The minimum Gasteiger partial charge on any atom is -0.492 e. The molecule has 2 aliphatic carbocycles. The largest absolute Gasteiger partial charge is 0.492 e. The maximum atomic E-state index is 15.0. The van der Waals surface area contributed by atoms with Crippen molar-refractivity contribution in [2.24, 2.45) is 22.9 Å². The van der Waals surface area contributed by atoms with Crippen molar-refractivity contribution in [3.05, 3.63) is 156 Å². The fourth-order valence-corrected chi connectivity index (χ4v) is 10.2. The van der Waals surface area contributed by atoms with E-state index in [-0.39, 0.29) is 70.4 Å². The van der Waals surface area contributed by atoms with Gasteiger partial charge in [0.1, 0.15) is 43.2 Å². The van der Waals surface area contributed by atoms with Gasteiger partial charge in [0.15, 0.2) is 0 Å². The van der Waals surface area contributed by atoms with Crippen molar-refractivity contribution in [1.82, 2.24) is 9.80 Å². The molecule has 0 spiro atoms. The summed E-state index contributed by atoms with van der Waals surface area (Å²) in [6.07, 6.45) is 8.05. The molecule has 0 bridgehead atoms.